The number of benzene rings is 4. The van der Waals surface area contributed by atoms with E-state index in [2.05, 4.69) is 15.5 Å². The SMILES string of the molecule is CCOc1cc(C=NNC(=O)c2[nH]c3cc(Cl)cc(Cl)c3c2-c2ccccc2Cl)ccc1OC(=O)c1ccccc1Cl. The number of carbonyl (C=O) groups excluding carboxylic acids is 2. The molecule has 0 aliphatic heterocycles. The molecule has 0 bridgehead atoms. The number of aromatic nitrogens is 1. The summed E-state index contributed by atoms with van der Waals surface area (Å²) < 4.78 is 11.2. The summed E-state index contributed by atoms with van der Waals surface area (Å²) >= 11 is 25.4. The van der Waals surface area contributed by atoms with Crippen molar-refractivity contribution in [3.63, 3.8) is 0 Å². The number of carbonyl (C=O) groups is 2. The van der Waals surface area contributed by atoms with E-state index in [-0.39, 0.29) is 22.0 Å². The highest BCUT2D eigenvalue weighted by molar-refractivity contribution is 6.41. The number of ether oxygens (including phenoxy) is 2. The molecule has 0 saturated carbocycles. The van der Waals surface area contributed by atoms with Gasteiger partial charge in [0, 0.05) is 32.1 Å². The minimum Gasteiger partial charge on any atom is -0.490 e. The van der Waals surface area contributed by atoms with Gasteiger partial charge in [0.15, 0.2) is 11.5 Å². The normalized spacial score (nSPS) is 11.2. The molecule has 0 spiro atoms. The van der Waals surface area contributed by atoms with Gasteiger partial charge in [0.1, 0.15) is 5.69 Å². The van der Waals surface area contributed by atoms with Crippen molar-refractivity contribution in [2.24, 2.45) is 5.10 Å². The smallest absolute Gasteiger partial charge is 0.345 e. The third kappa shape index (κ3) is 6.25. The first-order valence-corrected chi connectivity index (χ1v) is 14.1. The minimum atomic E-state index is -0.621. The van der Waals surface area contributed by atoms with Gasteiger partial charge in [-0.05, 0) is 61.0 Å². The Morgan fingerprint density at radius 3 is 2.36 bits per heavy atom. The maximum Gasteiger partial charge on any atom is 0.345 e. The lowest BCUT2D eigenvalue weighted by atomic mass is 10.0. The fraction of sp³-hybridized carbons (Fsp3) is 0.0645. The van der Waals surface area contributed by atoms with Crippen molar-refractivity contribution < 1.29 is 19.1 Å². The van der Waals surface area contributed by atoms with E-state index in [4.69, 9.17) is 55.9 Å². The van der Waals surface area contributed by atoms with Gasteiger partial charge in [-0.1, -0.05) is 76.7 Å². The molecule has 1 aromatic heterocycles. The number of H-pyrrole nitrogens is 1. The third-order valence-corrected chi connectivity index (χ3v) is 7.30. The van der Waals surface area contributed by atoms with Gasteiger partial charge in [0.2, 0.25) is 0 Å². The molecule has 0 radical (unpaired) electrons. The molecular weight excluding hydrogens is 620 g/mol. The molecule has 212 valence electrons. The number of hydrazone groups is 1. The molecule has 0 aliphatic carbocycles. The predicted molar refractivity (Wildman–Crippen MR) is 168 cm³/mol. The molecule has 0 aliphatic rings. The highest BCUT2D eigenvalue weighted by Gasteiger charge is 2.23. The minimum absolute atomic E-state index is 0.205. The molecule has 5 aromatic rings. The molecule has 0 atom stereocenters. The summed E-state index contributed by atoms with van der Waals surface area (Å²) in [5, 5.41) is 6.22. The van der Waals surface area contributed by atoms with E-state index in [1.807, 2.05) is 6.07 Å². The summed E-state index contributed by atoms with van der Waals surface area (Å²) in [6.07, 6.45) is 1.43. The number of aromatic amines is 1. The van der Waals surface area contributed by atoms with Crippen molar-refractivity contribution in [3.8, 4) is 22.6 Å². The Bertz CT molecular complexity index is 1850. The van der Waals surface area contributed by atoms with E-state index >= 15 is 0 Å². The highest BCUT2D eigenvalue weighted by atomic mass is 35.5. The summed E-state index contributed by atoms with van der Waals surface area (Å²) in [4.78, 5) is 29.1. The van der Waals surface area contributed by atoms with Gasteiger partial charge in [-0.2, -0.15) is 5.10 Å². The molecule has 5 rings (SSSR count). The fourth-order valence-electron chi connectivity index (χ4n) is 4.31. The van der Waals surface area contributed by atoms with Gasteiger partial charge >= 0.3 is 5.97 Å². The van der Waals surface area contributed by atoms with Gasteiger partial charge in [-0.25, -0.2) is 10.2 Å². The van der Waals surface area contributed by atoms with E-state index < -0.39 is 11.9 Å². The number of rotatable bonds is 8. The average Bonchev–Trinajstić information content (AvgIpc) is 3.34. The Kier molecular flexibility index (Phi) is 9.04. The van der Waals surface area contributed by atoms with Crippen LogP contribution in [0.4, 0.5) is 0 Å². The zero-order chi connectivity index (χ0) is 29.8. The van der Waals surface area contributed by atoms with E-state index in [1.54, 1.807) is 79.7 Å². The third-order valence-electron chi connectivity index (χ3n) is 6.13. The maximum atomic E-state index is 13.3. The number of amides is 1. The van der Waals surface area contributed by atoms with Gasteiger partial charge in [0.05, 0.1) is 28.4 Å². The molecule has 1 heterocycles. The predicted octanol–water partition coefficient (Wildman–Crippen LogP) is 8.83. The average molecular weight is 641 g/mol. The number of hydrogen-bond donors (Lipinski definition) is 2. The van der Waals surface area contributed by atoms with Crippen LogP contribution in [0.2, 0.25) is 20.1 Å². The van der Waals surface area contributed by atoms with Crippen LogP contribution in [0.1, 0.15) is 33.3 Å². The topological polar surface area (TPSA) is 92.8 Å². The molecule has 7 nitrogen and oxygen atoms in total. The van der Waals surface area contributed by atoms with Crippen LogP contribution in [-0.4, -0.2) is 29.7 Å². The van der Waals surface area contributed by atoms with Crippen LogP contribution < -0.4 is 14.9 Å². The number of halogens is 4. The first kappa shape index (κ1) is 29.5. The van der Waals surface area contributed by atoms with Crippen LogP contribution in [0.5, 0.6) is 11.5 Å². The van der Waals surface area contributed by atoms with E-state index in [0.717, 1.165) is 0 Å². The van der Waals surface area contributed by atoms with Gasteiger partial charge in [-0.3, -0.25) is 4.79 Å². The van der Waals surface area contributed by atoms with Crippen LogP contribution in [0, 0.1) is 0 Å². The summed E-state index contributed by atoms with van der Waals surface area (Å²) in [5.74, 6) is -0.624. The molecular formula is C31H21Cl4N3O4. The van der Waals surface area contributed by atoms with Gasteiger partial charge in [0.25, 0.3) is 5.91 Å². The van der Waals surface area contributed by atoms with Crippen molar-refractivity contribution in [3.05, 3.63) is 116 Å². The Morgan fingerprint density at radius 2 is 1.62 bits per heavy atom. The first-order chi connectivity index (χ1) is 20.3. The lowest BCUT2D eigenvalue weighted by Crippen LogP contribution is -2.19. The quantitative estimate of drug-likeness (QED) is 0.0767. The lowest BCUT2D eigenvalue weighted by Gasteiger charge is -2.12. The number of nitrogens with one attached hydrogen (secondary N) is 2. The molecule has 2 N–H and O–H groups in total. The van der Waals surface area contributed by atoms with Crippen molar-refractivity contribution in [2.75, 3.05) is 6.61 Å². The Hall–Kier alpha value is -4.01. The van der Waals surface area contributed by atoms with Crippen molar-refractivity contribution in [1.29, 1.82) is 0 Å². The number of esters is 1. The van der Waals surface area contributed by atoms with Gasteiger partial charge in [-0.15, -0.1) is 0 Å². The molecule has 11 heteroatoms. The number of nitrogens with zero attached hydrogens (tertiary/aromatic N) is 1. The first-order valence-electron chi connectivity index (χ1n) is 12.6. The summed E-state index contributed by atoms with van der Waals surface area (Å²) in [7, 11) is 0. The summed E-state index contributed by atoms with van der Waals surface area (Å²) in [5.41, 5.74) is 5.26. The zero-order valence-electron chi connectivity index (χ0n) is 21.9. The molecule has 0 unspecified atom stereocenters. The van der Waals surface area contributed by atoms with Crippen LogP contribution >= 0.6 is 46.4 Å². The summed E-state index contributed by atoms with van der Waals surface area (Å²) in [6.45, 7) is 2.13. The highest BCUT2D eigenvalue weighted by Crippen LogP contribution is 2.41. The van der Waals surface area contributed by atoms with E-state index in [1.165, 1.54) is 6.21 Å². The van der Waals surface area contributed by atoms with Gasteiger partial charge < -0.3 is 14.5 Å². The van der Waals surface area contributed by atoms with Crippen LogP contribution in [0.3, 0.4) is 0 Å². The second-order valence-corrected chi connectivity index (χ2v) is 10.5. The standard InChI is InChI=1S/C31H21Cl4N3O4/c1-2-41-26-13-17(11-12-25(26)42-31(40)20-8-4-6-10-22(20)34)16-36-38-30(39)29-27(19-7-3-5-9-21(19)33)28-23(35)14-18(32)15-24(28)37-29/h3-16,37H,2H2,1H3,(H,38,39). The van der Waals surface area contributed by atoms with Crippen molar-refractivity contribution in [1.82, 2.24) is 10.4 Å². The maximum absolute atomic E-state index is 13.3. The zero-order valence-corrected chi connectivity index (χ0v) is 24.9. The molecule has 0 fully saturated rings. The Labute approximate surface area is 260 Å². The lowest BCUT2D eigenvalue weighted by molar-refractivity contribution is 0.0728. The molecule has 42 heavy (non-hydrogen) atoms. The van der Waals surface area contributed by atoms with E-state index in [0.29, 0.717) is 55.0 Å². The van der Waals surface area contributed by atoms with E-state index in [9.17, 15) is 9.59 Å². The molecule has 0 saturated heterocycles. The number of fused-ring (bicyclic) bond motifs is 1. The Morgan fingerprint density at radius 1 is 0.881 bits per heavy atom. The van der Waals surface area contributed by atoms with Crippen molar-refractivity contribution >= 4 is 75.4 Å². The van der Waals surface area contributed by atoms with Crippen LogP contribution in [-0.2, 0) is 0 Å². The largest absolute Gasteiger partial charge is 0.490 e. The second kappa shape index (κ2) is 12.9. The van der Waals surface area contributed by atoms with Crippen LogP contribution in [0.25, 0.3) is 22.0 Å². The van der Waals surface area contributed by atoms with Crippen LogP contribution in [0.15, 0.2) is 84.0 Å². The monoisotopic (exact) mass is 639 g/mol. The number of hydrogen-bond acceptors (Lipinski definition) is 5. The fourth-order valence-corrected chi connectivity index (χ4v) is 5.34. The second-order valence-electron chi connectivity index (χ2n) is 8.87. The molecule has 4 aromatic carbocycles. The van der Waals surface area contributed by atoms with Crippen molar-refractivity contribution in [2.45, 2.75) is 6.92 Å². The Balaban J connectivity index is 1.40. The summed E-state index contributed by atoms with van der Waals surface area (Å²) in [6, 6.07) is 21.9. The molecule has 1 amide bonds.